The average molecular weight is 368 g/mol. The highest BCUT2D eigenvalue weighted by Crippen LogP contribution is 2.28. The van der Waals surface area contributed by atoms with E-state index in [1.165, 1.54) is 0 Å². The van der Waals surface area contributed by atoms with Crippen LogP contribution in [0.1, 0.15) is 55.3 Å². The van der Waals surface area contributed by atoms with Crippen molar-refractivity contribution in [3.8, 4) is 0 Å². The molecule has 4 heterocycles. The number of nitrogens with zero attached hydrogens (tertiary/aromatic N) is 6. The minimum atomic E-state index is 0.475. The molecule has 0 saturated carbocycles. The zero-order valence-electron chi connectivity index (χ0n) is 16.2. The molecule has 0 bridgehead atoms. The maximum absolute atomic E-state index is 5.94. The van der Waals surface area contributed by atoms with Gasteiger partial charge in [0.15, 0.2) is 5.82 Å². The summed E-state index contributed by atoms with van der Waals surface area (Å²) in [4.78, 5) is 6.57. The van der Waals surface area contributed by atoms with Crippen molar-refractivity contribution in [3.05, 3.63) is 54.0 Å². The van der Waals surface area contributed by atoms with Crippen LogP contribution in [0.3, 0.4) is 0 Å². The Balaban J connectivity index is 1.33. The minimum absolute atomic E-state index is 0.475. The Bertz CT molecular complexity index is 842. The van der Waals surface area contributed by atoms with Crippen molar-refractivity contribution in [1.82, 2.24) is 29.2 Å². The van der Waals surface area contributed by atoms with Gasteiger partial charge in [-0.1, -0.05) is 6.92 Å². The maximum atomic E-state index is 5.94. The van der Waals surface area contributed by atoms with E-state index in [2.05, 4.69) is 50.8 Å². The zero-order chi connectivity index (χ0) is 18.6. The van der Waals surface area contributed by atoms with Gasteiger partial charge in [0.2, 0.25) is 0 Å². The van der Waals surface area contributed by atoms with Crippen LogP contribution in [0.2, 0.25) is 0 Å². The first-order chi connectivity index (χ1) is 13.2. The van der Waals surface area contributed by atoms with E-state index < -0.39 is 0 Å². The summed E-state index contributed by atoms with van der Waals surface area (Å²) in [5.41, 5.74) is 0. The number of imidazole rings is 1. The van der Waals surface area contributed by atoms with Crippen LogP contribution >= 0.6 is 0 Å². The van der Waals surface area contributed by atoms with Crippen molar-refractivity contribution >= 4 is 0 Å². The van der Waals surface area contributed by atoms with Gasteiger partial charge in [0, 0.05) is 31.8 Å². The van der Waals surface area contributed by atoms with E-state index in [1.54, 1.807) is 6.20 Å². The third-order valence-corrected chi connectivity index (χ3v) is 5.43. The molecule has 3 aromatic rings. The van der Waals surface area contributed by atoms with Crippen molar-refractivity contribution < 1.29 is 4.42 Å². The number of piperidine rings is 1. The molecule has 0 spiro atoms. The van der Waals surface area contributed by atoms with Crippen LogP contribution in [-0.2, 0) is 26.6 Å². The largest absolute Gasteiger partial charge is 0.465 e. The Kier molecular flexibility index (Phi) is 5.38. The van der Waals surface area contributed by atoms with Crippen molar-refractivity contribution in [2.24, 2.45) is 7.05 Å². The number of furan rings is 1. The molecule has 3 aromatic heterocycles. The normalized spacial score (nSPS) is 16.2. The van der Waals surface area contributed by atoms with Gasteiger partial charge in [0.25, 0.3) is 0 Å². The lowest BCUT2D eigenvalue weighted by Gasteiger charge is -2.30. The summed E-state index contributed by atoms with van der Waals surface area (Å²) in [6, 6.07) is 4.25. The van der Waals surface area contributed by atoms with Gasteiger partial charge in [-0.25, -0.2) is 4.98 Å². The summed E-state index contributed by atoms with van der Waals surface area (Å²) in [5.74, 6) is 4.74. The van der Waals surface area contributed by atoms with Gasteiger partial charge in [-0.3, -0.25) is 4.90 Å². The highest BCUT2D eigenvalue weighted by molar-refractivity contribution is 5.08. The molecule has 0 unspecified atom stereocenters. The summed E-state index contributed by atoms with van der Waals surface area (Å²) < 4.78 is 10.1. The zero-order valence-corrected chi connectivity index (χ0v) is 16.2. The number of hydrogen-bond acceptors (Lipinski definition) is 5. The van der Waals surface area contributed by atoms with E-state index >= 15 is 0 Å². The van der Waals surface area contributed by atoms with Crippen LogP contribution in [0.5, 0.6) is 0 Å². The first-order valence-corrected chi connectivity index (χ1v) is 9.86. The third-order valence-electron chi connectivity index (χ3n) is 5.43. The quantitative estimate of drug-likeness (QED) is 0.641. The van der Waals surface area contributed by atoms with E-state index in [9.17, 15) is 0 Å². The highest BCUT2D eigenvalue weighted by atomic mass is 16.3. The molecule has 144 valence electrons. The molecule has 0 amide bonds. The molecular formula is C20H28N6O. The van der Waals surface area contributed by atoms with Gasteiger partial charge in [-0.2, -0.15) is 0 Å². The Labute approximate surface area is 160 Å². The minimum Gasteiger partial charge on any atom is -0.465 e. The van der Waals surface area contributed by atoms with Crippen LogP contribution in [0.15, 0.2) is 35.3 Å². The Hall–Kier alpha value is -2.41. The Morgan fingerprint density at radius 1 is 1.11 bits per heavy atom. The first kappa shape index (κ1) is 18.0. The molecule has 0 aromatic carbocycles. The van der Waals surface area contributed by atoms with Crippen LogP contribution < -0.4 is 0 Å². The van der Waals surface area contributed by atoms with Gasteiger partial charge in [0.05, 0.1) is 19.4 Å². The molecule has 0 radical (unpaired) electrons. The van der Waals surface area contributed by atoms with Crippen molar-refractivity contribution in [1.29, 1.82) is 0 Å². The molecule has 7 nitrogen and oxygen atoms in total. The summed E-state index contributed by atoms with van der Waals surface area (Å²) in [6.07, 6.45) is 9.92. The fourth-order valence-corrected chi connectivity index (χ4v) is 3.87. The summed E-state index contributed by atoms with van der Waals surface area (Å²) >= 11 is 0. The third kappa shape index (κ3) is 4.13. The maximum Gasteiger partial charge on any atom is 0.152 e. The van der Waals surface area contributed by atoms with E-state index in [1.807, 2.05) is 17.1 Å². The highest BCUT2D eigenvalue weighted by Gasteiger charge is 2.25. The number of hydrogen-bond donors (Lipinski definition) is 0. The molecule has 4 rings (SSSR count). The van der Waals surface area contributed by atoms with Crippen molar-refractivity contribution in [3.63, 3.8) is 0 Å². The lowest BCUT2D eigenvalue weighted by Crippen LogP contribution is -2.33. The lowest BCUT2D eigenvalue weighted by molar-refractivity contribution is 0.186. The number of likely N-dealkylation sites (tertiary alicyclic amines) is 1. The van der Waals surface area contributed by atoms with Crippen LogP contribution in [0, 0.1) is 0 Å². The molecule has 1 fully saturated rings. The fourth-order valence-electron chi connectivity index (χ4n) is 3.87. The molecule has 0 N–H and O–H groups in total. The van der Waals surface area contributed by atoms with Gasteiger partial charge in [-0.15, -0.1) is 10.2 Å². The van der Waals surface area contributed by atoms with E-state index in [0.717, 1.165) is 68.5 Å². The second-order valence-electron chi connectivity index (χ2n) is 7.44. The predicted molar refractivity (Wildman–Crippen MR) is 102 cm³/mol. The second-order valence-corrected chi connectivity index (χ2v) is 7.44. The van der Waals surface area contributed by atoms with E-state index in [0.29, 0.717) is 12.5 Å². The van der Waals surface area contributed by atoms with Crippen LogP contribution in [-0.4, -0.2) is 42.3 Å². The molecule has 7 heteroatoms. The van der Waals surface area contributed by atoms with Crippen molar-refractivity contribution in [2.45, 2.75) is 51.6 Å². The lowest BCUT2D eigenvalue weighted by atomic mass is 9.96. The molecule has 1 aliphatic heterocycles. The van der Waals surface area contributed by atoms with Crippen LogP contribution in [0.4, 0.5) is 0 Å². The summed E-state index contributed by atoms with van der Waals surface area (Å²) in [5, 5.41) is 8.90. The van der Waals surface area contributed by atoms with E-state index in [4.69, 9.17) is 4.42 Å². The molecule has 27 heavy (non-hydrogen) atoms. The monoisotopic (exact) mass is 368 g/mol. The summed E-state index contributed by atoms with van der Waals surface area (Å²) in [7, 11) is 2.08. The average Bonchev–Trinajstić information content (AvgIpc) is 3.41. The molecule has 0 atom stereocenters. The standard InChI is InChI=1S/C20H28N6O/c1-3-4-17-5-6-18(27-17)13-25-10-7-16(8-11-25)20-23-22-19(24(20)2)14-26-12-9-21-15-26/h5-6,9,12,15-16H,3-4,7-8,10-11,13-14H2,1-2H3. The number of aromatic nitrogens is 5. The smallest absolute Gasteiger partial charge is 0.152 e. The molecule has 1 aliphatic rings. The Morgan fingerprint density at radius 3 is 2.67 bits per heavy atom. The first-order valence-electron chi connectivity index (χ1n) is 9.86. The molecular weight excluding hydrogens is 340 g/mol. The van der Waals surface area contributed by atoms with Gasteiger partial charge in [0.1, 0.15) is 17.3 Å². The Morgan fingerprint density at radius 2 is 1.93 bits per heavy atom. The van der Waals surface area contributed by atoms with E-state index in [-0.39, 0.29) is 0 Å². The van der Waals surface area contributed by atoms with Gasteiger partial charge in [-0.05, 0) is 44.5 Å². The molecule has 0 aliphatic carbocycles. The van der Waals surface area contributed by atoms with Gasteiger partial charge >= 0.3 is 0 Å². The van der Waals surface area contributed by atoms with Crippen LogP contribution in [0.25, 0.3) is 0 Å². The number of aryl methyl sites for hydroxylation is 1. The topological polar surface area (TPSA) is 64.9 Å². The number of rotatable bonds is 7. The van der Waals surface area contributed by atoms with Crippen molar-refractivity contribution in [2.75, 3.05) is 13.1 Å². The molecule has 1 saturated heterocycles. The van der Waals surface area contributed by atoms with Gasteiger partial charge < -0.3 is 13.6 Å². The SMILES string of the molecule is CCCc1ccc(CN2CCC(c3nnc(Cn4ccnc4)n3C)CC2)o1. The second kappa shape index (κ2) is 8.08. The summed E-state index contributed by atoms with van der Waals surface area (Å²) in [6.45, 7) is 5.93. The fraction of sp³-hybridized carbons (Fsp3) is 0.550. The predicted octanol–water partition coefficient (Wildman–Crippen LogP) is 2.99.